The molecule has 0 amide bonds. The second-order valence-electron chi connectivity index (χ2n) is 4.58. The molecule has 2 aromatic rings. The van der Waals surface area contributed by atoms with Crippen LogP contribution in [0, 0.1) is 6.92 Å². The van der Waals surface area contributed by atoms with Crippen molar-refractivity contribution in [1.29, 1.82) is 0 Å². The highest BCUT2D eigenvalue weighted by Gasteiger charge is 2.06. The first-order valence-electron chi connectivity index (χ1n) is 6.80. The molecule has 0 aliphatic carbocycles. The van der Waals surface area contributed by atoms with Crippen molar-refractivity contribution in [2.75, 3.05) is 24.5 Å². The van der Waals surface area contributed by atoms with Crippen LogP contribution in [0.25, 0.3) is 0 Å². The lowest BCUT2D eigenvalue weighted by Gasteiger charge is -2.25. The van der Waals surface area contributed by atoms with Gasteiger partial charge in [-0.2, -0.15) is 0 Å². The van der Waals surface area contributed by atoms with Gasteiger partial charge in [0, 0.05) is 37.7 Å². The van der Waals surface area contributed by atoms with Gasteiger partial charge in [0.2, 0.25) is 0 Å². The fourth-order valence-electron chi connectivity index (χ4n) is 2.18. The van der Waals surface area contributed by atoms with Crippen LogP contribution in [0.2, 0.25) is 0 Å². The average molecular weight is 258 g/mol. The first kappa shape index (κ1) is 13.6. The molecule has 0 aliphatic heterocycles. The summed E-state index contributed by atoms with van der Waals surface area (Å²) in [5.74, 6) is 0.985. The van der Waals surface area contributed by atoms with Crippen LogP contribution in [0.15, 0.2) is 36.7 Å². The monoisotopic (exact) mass is 258 g/mol. The molecule has 1 aromatic carbocycles. The van der Waals surface area contributed by atoms with Gasteiger partial charge in [-0.1, -0.05) is 18.2 Å². The Kier molecular flexibility index (Phi) is 4.98. The molecule has 2 N–H and O–H groups in total. The number of aromatic amines is 1. The lowest BCUT2D eigenvalue weighted by molar-refractivity contribution is 0.648. The molecule has 4 nitrogen and oxygen atoms in total. The number of rotatable bonds is 7. The molecule has 0 atom stereocenters. The van der Waals surface area contributed by atoms with E-state index in [1.165, 1.54) is 11.3 Å². The summed E-state index contributed by atoms with van der Waals surface area (Å²) in [4.78, 5) is 9.68. The molecule has 1 heterocycles. The zero-order valence-corrected chi connectivity index (χ0v) is 11.7. The second kappa shape index (κ2) is 6.95. The van der Waals surface area contributed by atoms with Gasteiger partial charge in [-0.15, -0.1) is 0 Å². The van der Waals surface area contributed by atoms with E-state index in [1.54, 1.807) is 6.20 Å². The van der Waals surface area contributed by atoms with Crippen LogP contribution in [0.3, 0.4) is 0 Å². The van der Waals surface area contributed by atoms with Crippen molar-refractivity contribution in [2.45, 2.75) is 20.4 Å². The SMILES string of the molecule is CCN(CCNCc1ncc[nH]1)c1ccccc1C. The number of nitrogens with zero attached hydrogens (tertiary/aromatic N) is 2. The molecule has 1 aromatic heterocycles. The number of para-hydroxylation sites is 1. The predicted molar refractivity (Wildman–Crippen MR) is 79.4 cm³/mol. The maximum atomic E-state index is 4.19. The van der Waals surface area contributed by atoms with E-state index < -0.39 is 0 Å². The molecule has 0 unspecified atom stereocenters. The van der Waals surface area contributed by atoms with Crippen LogP contribution in [0.4, 0.5) is 5.69 Å². The van der Waals surface area contributed by atoms with Crippen molar-refractivity contribution in [3.8, 4) is 0 Å². The van der Waals surface area contributed by atoms with Gasteiger partial charge in [0.25, 0.3) is 0 Å². The molecule has 0 saturated heterocycles. The first-order chi connectivity index (χ1) is 9.31. The smallest absolute Gasteiger partial charge is 0.120 e. The summed E-state index contributed by atoms with van der Waals surface area (Å²) in [6.45, 7) is 8.11. The van der Waals surface area contributed by atoms with Crippen LogP contribution in [-0.2, 0) is 6.54 Å². The van der Waals surface area contributed by atoms with E-state index in [-0.39, 0.29) is 0 Å². The molecule has 0 saturated carbocycles. The van der Waals surface area contributed by atoms with Crippen molar-refractivity contribution in [2.24, 2.45) is 0 Å². The summed E-state index contributed by atoms with van der Waals surface area (Å²) in [6, 6.07) is 8.53. The summed E-state index contributed by atoms with van der Waals surface area (Å²) in [7, 11) is 0. The molecule has 0 bridgehead atoms. The lowest BCUT2D eigenvalue weighted by atomic mass is 10.2. The Morgan fingerprint density at radius 2 is 2.16 bits per heavy atom. The largest absolute Gasteiger partial charge is 0.370 e. The Morgan fingerprint density at radius 3 is 2.84 bits per heavy atom. The number of aryl methyl sites for hydroxylation is 1. The molecule has 102 valence electrons. The Balaban J connectivity index is 1.81. The molecular formula is C15H22N4. The van der Waals surface area contributed by atoms with Crippen LogP contribution >= 0.6 is 0 Å². The van der Waals surface area contributed by atoms with Gasteiger partial charge >= 0.3 is 0 Å². The molecule has 2 rings (SSSR count). The van der Waals surface area contributed by atoms with E-state index >= 15 is 0 Å². The number of benzene rings is 1. The molecular weight excluding hydrogens is 236 g/mol. The van der Waals surface area contributed by atoms with Gasteiger partial charge in [0.15, 0.2) is 0 Å². The quantitative estimate of drug-likeness (QED) is 0.749. The number of hydrogen-bond acceptors (Lipinski definition) is 3. The third kappa shape index (κ3) is 3.83. The minimum absolute atomic E-state index is 0.790. The third-order valence-corrected chi connectivity index (χ3v) is 3.24. The Hall–Kier alpha value is -1.81. The van der Waals surface area contributed by atoms with Crippen molar-refractivity contribution in [3.63, 3.8) is 0 Å². The minimum atomic E-state index is 0.790. The molecule has 4 heteroatoms. The highest BCUT2D eigenvalue weighted by atomic mass is 15.1. The highest BCUT2D eigenvalue weighted by molar-refractivity contribution is 5.52. The number of anilines is 1. The van der Waals surface area contributed by atoms with E-state index in [0.29, 0.717) is 0 Å². The summed E-state index contributed by atoms with van der Waals surface area (Å²) >= 11 is 0. The van der Waals surface area contributed by atoms with E-state index in [2.05, 4.69) is 58.3 Å². The third-order valence-electron chi connectivity index (χ3n) is 3.24. The van der Waals surface area contributed by atoms with Crippen LogP contribution < -0.4 is 10.2 Å². The number of hydrogen-bond donors (Lipinski definition) is 2. The summed E-state index contributed by atoms with van der Waals surface area (Å²) < 4.78 is 0. The Labute approximate surface area is 114 Å². The number of likely N-dealkylation sites (N-methyl/N-ethyl adjacent to an activating group) is 1. The maximum absolute atomic E-state index is 4.19. The van der Waals surface area contributed by atoms with Crippen molar-refractivity contribution < 1.29 is 0 Å². The number of imidazole rings is 1. The highest BCUT2D eigenvalue weighted by Crippen LogP contribution is 2.18. The fourth-order valence-corrected chi connectivity index (χ4v) is 2.18. The average Bonchev–Trinajstić information content (AvgIpc) is 2.93. The topological polar surface area (TPSA) is 44.0 Å². The molecule has 0 spiro atoms. The predicted octanol–water partition coefficient (Wildman–Crippen LogP) is 2.33. The van der Waals surface area contributed by atoms with Gasteiger partial charge in [-0.3, -0.25) is 0 Å². The Bertz CT molecular complexity index is 479. The van der Waals surface area contributed by atoms with Gasteiger partial charge in [0.05, 0.1) is 6.54 Å². The van der Waals surface area contributed by atoms with Gasteiger partial charge < -0.3 is 15.2 Å². The first-order valence-corrected chi connectivity index (χ1v) is 6.80. The zero-order chi connectivity index (χ0) is 13.5. The van der Waals surface area contributed by atoms with E-state index in [1.807, 2.05) is 6.20 Å². The molecule has 19 heavy (non-hydrogen) atoms. The number of aromatic nitrogens is 2. The zero-order valence-electron chi connectivity index (χ0n) is 11.7. The number of nitrogens with one attached hydrogen (secondary N) is 2. The standard InChI is InChI=1S/C15H22N4/c1-3-19(14-7-5-4-6-13(14)2)11-10-16-12-15-17-8-9-18-15/h4-9,16H,3,10-12H2,1-2H3,(H,17,18). The van der Waals surface area contributed by atoms with Gasteiger partial charge in [-0.05, 0) is 25.5 Å². The van der Waals surface area contributed by atoms with Crippen molar-refractivity contribution >= 4 is 5.69 Å². The molecule has 0 aliphatic rings. The minimum Gasteiger partial charge on any atom is -0.370 e. The van der Waals surface area contributed by atoms with Crippen LogP contribution in [0.1, 0.15) is 18.3 Å². The lowest BCUT2D eigenvalue weighted by Crippen LogP contribution is -2.32. The normalized spacial score (nSPS) is 10.6. The molecule has 0 fully saturated rings. The maximum Gasteiger partial charge on any atom is 0.120 e. The van der Waals surface area contributed by atoms with Gasteiger partial charge in [-0.25, -0.2) is 4.98 Å². The summed E-state index contributed by atoms with van der Waals surface area (Å²) in [5, 5.41) is 3.41. The van der Waals surface area contributed by atoms with E-state index in [0.717, 1.165) is 32.0 Å². The van der Waals surface area contributed by atoms with Crippen LogP contribution in [-0.4, -0.2) is 29.6 Å². The molecule has 0 radical (unpaired) electrons. The fraction of sp³-hybridized carbons (Fsp3) is 0.400. The van der Waals surface area contributed by atoms with Gasteiger partial charge in [0.1, 0.15) is 5.82 Å². The second-order valence-corrected chi connectivity index (χ2v) is 4.58. The van der Waals surface area contributed by atoms with E-state index in [4.69, 9.17) is 0 Å². The summed E-state index contributed by atoms with van der Waals surface area (Å²) in [6.07, 6.45) is 3.63. The van der Waals surface area contributed by atoms with Crippen LogP contribution in [0.5, 0.6) is 0 Å². The number of H-pyrrole nitrogens is 1. The summed E-state index contributed by atoms with van der Waals surface area (Å²) in [5.41, 5.74) is 2.65. The van der Waals surface area contributed by atoms with Crippen molar-refractivity contribution in [1.82, 2.24) is 15.3 Å². The Morgan fingerprint density at radius 1 is 1.32 bits per heavy atom. The van der Waals surface area contributed by atoms with E-state index in [9.17, 15) is 0 Å². The van der Waals surface area contributed by atoms with Crippen molar-refractivity contribution in [3.05, 3.63) is 48.0 Å².